The van der Waals surface area contributed by atoms with Crippen LogP contribution in [-0.4, -0.2) is 64.8 Å². The first-order valence-corrected chi connectivity index (χ1v) is 13.6. The second-order valence-electron chi connectivity index (χ2n) is 9.73. The van der Waals surface area contributed by atoms with Crippen LogP contribution in [0.2, 0.25) is 0 Å². The highest BCUT2D eigenvalue weighted by Gasteiger charge is 2.44. The zero-order chi connectivity index (χ0) is 28.4. The van der Waals surface area contributed by atoms with Crippen LogP contribution in [0.25, 0.3) is 5.82 Å². The fourth-order valence-electron chi connectivity index (χ4n) is 4.94. The summed E-state index contributed by atoms with van der Waals surface area (Å²) >= 11 is 3.65. The van der Waals surface area contributed by atoms with Crippen molar-refractivity contribution < 1.29 is 36.6 Å². The van der Waals surface area contributed by atoms with Gasteiger partial charge in [-0.2, -0.15) is 18.3 Å². The molecule has 1 saturated heterocycles. The van der Waals surface area contributed by atoms with Crippen LogP contribution in [0.1, 0.15) is 41.3 Å². The Morgan fingerprint density at radius 2 is 1.90 bits per heavy atom. The van der Waals surface area contributed by atoms with Crippen LogP contribution >= 0.6 is 15.9 Å². The van der Waals surface area contributed by atoms with E-state index < -0.39 is 30.8 Å². The highest BCUT2D eigenvalue weighted by Crippen LogP contribution is 2.38. The Balaban J connectivity index is 1.17. The zero-order valence-electron chi connectivity index (χ0n) is 21.6. The molecule has 0 saturated carbocycles. The Morgan fingerprint density at radius 3 is 2.58 bits per heavy atom. The van der Waals surface area contributed by atoms with Crippen molar-refractivity contribution in [3.63, 3.8) is 0 Å². The van der Waals surface area contributed by atoms with Gasteiger partial charge in [-0.1, -0.05) is 12.1 Å². The van der Waals surface area contributed by atoms with Gasteiger partial charge in [0.15, 0.2) is 5.82 Å². The van der Waals surface area contributed by atoms with Crippen LogP contribution < -0.4 is 4.74 Å². The molecule has 0 radical (unpaired) electrons. The van der Waals surface area contributed by atoms with E-state index >= 15 is 0 Å². The molecule has 0 spiro atoms. The van der Waals surface area contributed by atoms with Gasteiger partial charge >= 0.3 is 12.3 Å². The molecule has 40 heavy (non-hydrogen) atoms. The predicted molar refractivity (Wildman–Crippen MR) is 139 cm³/mol. The van der Waals surface area contributed by atoms with Crippen molar-refractivity contribution in [1.82, 2.24) is 19.7 Å². The number of pyridine rings is 1. The number of piperidine rings is 1. The fourth-order valence-corrected chi connectivity index (χ4v) is 5.71. The maximum Gasteiger partial charge on any atom is 0.427 e. The smallest absolute Gasteiger partial charge is 0.427 e. The molecule has 214 valence electrons. The molecule has 1 fully saturated rings. The third kappa shape index (κ3) is 6.09. The number of carbonyl (C=O) groups excluding carboxylic acids is 1. The number of halogens is 5. The molecule has 0 aliphatic carbocycles. The number of nitrogens with zero attached hydrogens (tertiary/aromatic N) is 4. The van der Waals surface area contributed by atoms with Crippen LogP contribution in [0.5, 0.6) is 5.75 Å². The Morgan fingerprint density at radius 1 is 1.18 bits per heavy atom. The summed E-state index contributed by atoms with van der Waals surface area (Å²) in [5.74, 6) is 0.785. The topological polar surface area (TPSA) is 78.7 Å². The molecule has 3 aromatic rings. The van der Waals surface area contributed by atoms with Crippen LogP contribution in [-0.2, 0) is 28.9 Å². The van der Waals surface area contributed by atoms with Gasteiger partial charge in [0, 0.05) is 24.6 Å². The molecule has 1 amide bonds. The number of fused-ring (bicyclic) bond motifs is 3. The van der Waals surface area contributed by atoms with Crippen molar-refractivity contribution in [3.05, 3.63) is 69.3 Å². The number of methoxy groups -OCH3 is 1. The van der Waals surface area contributed by atoms with E-state index in [2.05, 4.69) is 20.9 Å². The van der Waals surface area contributed by atoms with Gasteiger partial charge in [-0.15, -0.1) is 0 Å². The van der Waals surface area contributed by atoms with Gasteiger partial charge in [0.1, 0.15) is 11.6 Å². The Bertz CT molecular complexity index is 1360. The van der Waals surface area contributed by atoms with Crippen molar-refractivity contribution in [2.45, 2.75) is 50.5 Å². The monoisotopic (exact) mass is 626 g/mol. The third-order valence-electron chi connectivity index (χ3n) is 7.13. The minimum atomic E-state index is -4.78. The quantitative estimate of drug-likeness (QED) is 0.311. The number of carbonyl (C=O) groups is 1. The normalized spacial score (nSPS) is 16.3. The van der Waals surface area contributed by atoms with Crippen molar-refractivity contribution >= 4 is 22.0 Å². The van der Waals surface area contributed by atoms with Gasteiger partial charge in [-0.25, -0.2) is 18.9 Å². The van der Waals surface area contributed by atoms with E-state index in [9.17, 15) is 22.4 Å². The largest absolute Gasteiger partial charge is 0.497 e. The van der Waals surface area contributed by atoms with Crippen LogP contribution in [0, 0.1) is 5.82 Å². The number of hydrogen-bond acceptors (Lipinski definition) is 6. The maximum atomic E-state index is 13.6. The summed E-state index contributed by atoms with van der Waals surface area (Å²) in [6.45, 7) is -0.451. The summed E-state index contributed by atoms with van der Waals surface area (Å²) in [6, 6.07) is 8.18. The van der Waals surface area contributed by atoms with Crippen molar-refractivity contribution in [3.8, 4) is 11.6 Å². The number of benzene rings is 1. The van der Waals surface area contributed by atoms with Gasteiger partial charge in [-0.3, -0.25) is 0 Å². The van der Waals surface area contributed by atoms with E-state index in [0.717, 1.165) is 27.6 Å². The first-order valence-electron chi connectivity index (χ1n) is 12.8. The van der Waals surface area contributed by atoms with Gasteiger partial charge in [0.2, 0.25) is 6.10 Å². The third-order valence-corrected chi connectivity index (χ3v) is 7.99. The average molecular weight is 627 g/mol. The van der Waals surface area contributed by atoms with Crippen LogP contribution in [0.15, 0.2) is 41.0 Å². The number of rotatable bonds is 7. The van der Waals surface area contributed by atoms with Crippen LogP contribution in [0.3, 0.4) is 0 Å². The number of aryl methyl sites for hydroxylation is 1. The molecular formula is C27H27BrF4N4O4. The second-order valence-corrected chi connectivity index (χ2v) is 10.5. The molecule has 2 aliphatic heterocycles. The lowest BCUT2D eigenvalue weighted by molar-refractivity contribution is -0.220. The summed E-state index contributed by atoms with van der Waals surface area (Å²) in [7, 11) is 1.51. The molecule has 5 rings (SSSR count). The lowest BCUT2D eigenvalue weighted by Crippen LogP contribution is -2.44. The van der Waals surface area contributed by atoms with Crippen molar-refractivity contribution in [2.24, 2.45) is 0 Å². The van der Waals surface area contributed by atoms with Crippen molar-refractivity contribution in [1.29, 1.82) is 0 Å². The molecule has 1 atom stereocenters. The van der Waals surface area contributed by atoms with Gasteiger partial charge in [0.05, 0.1) is 42.4 Å². The predicted octanol–water partition coefficient (Wildman–Crippen LogP) is 5.74. The summed E-state index contributed by atoms with van der Waals surface area (Å²) in [6.07, 6.45) is -4.74. The summed E-state index contributed by atoms with van der Waals surface area (Å²) < 4.78 is 72.2. The van der Waals surface area contributed by atoms with Gasteiger partial charge < -0.3 is 19.1 Å². The Kier molecular flexibility index (Phi) is 8.31. The first-order chi connectivity index (χ1) is 19.1. The molecule has 0 bridgehead atoms. The van der Waals surface area contributed by atoms with E-state index in [1.54, 1.807) is 28.9 Å². The first kappa shape index (κ1) is 28.3. The molecule has 1 unspecified atom stereocenters. The average Bonchev–Trinajstić information content (AvgIpc) is 3.28. The number of aromatic nitrogens is 3. The molecule has 2 aromatic heterocycles. The van der Waals surface area contributed by atoms with E-state index in [1.165, 1.54) is 18.1 Å². The minimum Gasteiger partial charge on any atom is -0.497 e. The van der Waals surface area contributed by atoms with Crippen molar-refractivity contribution in [2.75, 3.05) is 26.8 Å². The standard InChI is InChI=1S/C27H27BrF4N4O4/c1-38-20-5-2-16(3-6-20)14-39-15-22(27(30,31)32)40-26(37)35-10-8-17(9-11-35)24-23(28)21-7-4-18-12-19(29)13-33-25(18)36(21)34-24/h2-3,5-6,12-13,17,22H,4,7-11,14-15H2,1H3. The van der Waals surface area contributed by atoms with E-state index in [-0.39, 0.29) is 25.6 Å². The lowest BCUT2D eigenvalue weighted by Gasteiger charge is -2.32. The maximum absolute atomic E-state index is 13.6. The minimum absolute atomic E-state index is 0.0216. The van der Waals surface area contributed by atoms with Gasteiger partial charge in [-0.05, 0) is 65.4 Å². The molecule has 0 N–H and O–H groups in total. The fraction of sp³-hybridized carbons (Fsp3) is 0.444. The summed E-state index contributed by atoms with van der Waals surface area (Å²) in [5, 5.41) is 4.74. The molecule has 13 heteroatoms. The number of alkyl halides is 3. The Labute approximate surface area is 236 Å². The highest BCUT2D eigenvalue weighted by molar-refractivity contribution is 9.10. The number of likely N-dealkylation sites (tertiary alicyclic amines) is 1. The van der Waals surface area contributed by atoms with E-state index in [0.29, 0.717) is 42.8 Å². The van der Waals surface area contributed by atoms with Crippen LogP contribution in [0.4, 0.5) is 22.4 Å². The second kappa shape index (κ2) is 11.7. The molecule has 8 nitrogen and oxygen atoms in total. The SMILES string of the molecule is COc1ccc(COCC(OC(=O)N2CCC(c3nn4c(c3Br)CCc3cc(F)cnc3-4)CC2)C(F)(F)F)cc1. The summed E-state index contributed by atoms with van der Waals surface area (Å²) in [4.78, 5) is 18.2. The zero-order valence-corrected chi connectivity index (χ0v) is 23.2. The van der Waals surface area contributed by atoms with E-state index in [1.807, 2.05) is 0 Å². The molecule has 2 aliphatic rings. The highest BCUT2D eigenvalue weighted by atomic mass is 79.9. The van der Waals surface area contributed by atoms with E-state index in [4.69, 9.17) is 19.3 Å². The number of ether oxygens (including phenoxy) is 3. The summed E-state index contributed by atoms with van der Waals surface area (Å²) in [5.41, 5.74) is 3.17. The Hall–Kier alpha value is -3.19. The number of hydrogen-bond donors (Lipinski definition) is 0. The molecule has 4 heterocycles. The number of amides is 1. The molecule has 1 aromatic carbocycles. The molecular weight excluding hydrogens is 600 g/mol. The lowest BCUT2D eigenvalue weighted by atomic mass is 9.93. The van der Waals surface area contributed by atoms with Gasteiger partial charge in [0.25, 0.3) is 0 Å².